The molecule has 3 nitrogen and oxygen atoms in total. The van der Waals surface area contributed by atoms with E-state index in [0.29, 0.717) is 28.1 Å². The monoisotopic (exact) mass is 849 g/mol. The molecular weight excluding hydrogens is 813 g/mol. The van der Waals surface area contributed by atoms with Crippen molar-refractivity contribution in [1.29, 1.82) is 5.26 Å². The fraction of sp³-hybridized carbons (Fsp3) is 0. The van der Waals surface area contributed by atoms with Crippen molar-refractivity contribution in [3.63, 3.8) is 0 Å². The fourth-order valence-corrected chi connectivity index (χ4v) is 9.83. The molecule has 0 aliphatic carbocycles. The van der Waals surface area contributed by atoms with Gasteiger partial charge in [-0.2, -0.15) is 5.26 Å². The fourth-order valence-electron chi connectivity index (χ4n) is 9.83. The Morgan fingerprint density at radius 2 is 0.667 bits per heavy atom. The first-order chi connectivity index (χ1) is 32.5. The molecule has 0 bridgehead atoms. The zero-order valence-corrected chi connectivity index (χ0v) is 35.5. The van der Waals surface area contributed by atoms with Crippen LogP contribution >= 0.6 is 0 Å². The highest BCUT2D eigenvalue weighted by Crippen LogP contribution is 2.44. The van der Waals surface area contributed by atoms with E-state index in [1.54, 1.807) is 0 Å². The number of aromatic nitrogens is 2. The van der Waals surface area contributed by atoms with E-state index in [0.717, 1.165) is 94.2 Å². The highest BCUT2D eigenvalue weighted by molar-refractivity contribution is 6.13. The van der Waals surface area contributed by atoms with E-state index in [9.17, 15) is 5.26 Å². The molecule has 0 N–H and O–H groups in total. The maximum atomic E-state index is 15.4. The Labute approximate surface area is 379 Å². The third kappa shape index (κ3) is 6.47. The van der Waals surface area contributed by atoms with Gasteiger partial charge in [-0.15, -0.1) is 0 Å². The summed E-state index contributed by atoms with van der Waals surface area (Å²) in [5.74, 6) is -1.41. The molecule has 5 heteroatoms. The van der Waals surface area contributed by atoms with E-state index in [1.807, 2.05) is 84.9 Å². The minimum atomic E-state index is -0.706. The molecule has 10 aromatic carbocycles. The SMILES string of the molecule is N#Cc1c(-n2c3cc(-c4ccccc4)ccc3c3ccc(-c4ccccc4)cc32)ccc(-c2cc(F)cc(F)c2)c1-n1c2cc(-c3ccccc3)ccc2c2ccc(-c3ccccc3)cc21. The Bertz CT molecular complexity index is 3670. The highest BCUT2D eigenvalue weighted by atomic mass is 19.1. The molecule has 0 radical (unpaired) electrons. The summed E-state index contributed by atoms with van der Waals surface area (Å²) in [7, 11) is 0. The zero-order chi connectivity index (χ0) is 44.3. The van der Waals surface area contributed by atoms with Crippen molar-refractivity contribution in [2.45, 2.75) is 0 Å². The molecule has 310 valence electrons. The summed E-state index contributed by atoms with van der Waals surface area (Å²) in [5.41, 5.74) is 14.1. The quantitative estimate of drug-likeness (QED) is 0.157. The van der Waals surface area contributed by atoms with E-state index < -0.39 is 11.6 Å². The average Bonchev–Trinajstić information content (AvgIpc) is 3.87. The lowest BCUT2D eigenvalue weighted by Crippen LogP contribution is -2.07. The maximum Gasteiger partial charge on any atom is 0.126 e. The topological polar surface area (TPSA) is 33.6 Å². The highest BCUT2D eigenvalue weighted by Gasteiger charge is 2.26. The van der Waals surface area contributed by atoms with Gasteiger partial charge in [0.2, 0.25) is 0 Å². The van der Waals surface area contributed by atoms with Gasteiger partial charge in [-0.1, -0.05) is 176 Å². The van der Waals surface area contributed by atoms with Crippen LogP contribution in [0.2, 0.25) is 0 Å². The summed E-state index contributed by atoms with van der Waals surface area (Å²) in [4.78, 5) is 0. The molecule has 0 spiro atoms. The molecule has 0 aliphatic heterocycles. The number of benzene rings is 10. The lowest BCUT2D eigenvalue weighted by molar-refractivity contribution is 0.584. The van der Waals surface area contributed by atoms with Crippen LogP contribution in [0, 0.1) is 23.0 Å². The van der Waals surface area contributed by atoms with Crippen molar-refractivity contribution in [2.75, 3.05) is 0 Å². The number of nitrogens with zero attached hydrogens (tertiary/aromatic N) is 3. The van der Waals surface area contributed by atoms with Gasteiger partial charge >= 0.3 is 0 Å². The van der Waals surface area contributed by atoms with Crippen LogP contribution in [0.3, 0.4) is 0 Å². The predicted octanol–water partition coefficient (Wildman–Crippen LogP) is 16.4. The van der Waals surface area contributed by atoms with Crippen LogP contribution in [0.25, 0.3) is 111 Å². The Morgan fingerprint density at radius 1 is 0.318 bits per heavy atom. The van der Waals surface area contributed by atoms with Gasteiger partial charge in [0.1, 0.15) is 23.3 Å². The van der Waals surface area contributed by atoms with Crippen LogP contribution in [-0.2, 0) is 0 Å². The summed E-state index contributed by atoms with van der Waals surface area (Å²) < 4.78 is 35.2. The van der Waals surface area contributed by atoms with Crippen LogP contribution in [0.15, 0.2) is 224 Å². The summed E-state index contributed by atoms with van der Waals surface area (Å²) in [5, 5.41) is 15.9. The summed E-state index contributed by atoms with van der Waals surface area (Å²) in [6.07, 6.45) is 0. The standard InChI is InChI=1S/C61H37F2N3/c62-48-31-47(32-49(63)37-48)50-29-30-56(65-57-33-43(39-13-5-1-6-14-39)21-25-51(57)52-26-22-44(34-58(52)65)40-15-7-2-8-16-40)55(38-64)61(50)66-59-35-45(41-17-9-3-10-18-41)23-27-53(59)54-28-24-46(36-60(54)66)42-19-11-4-12-20-42/h1-37H. The van der Waals surface area contributed by atoms with Gasteiger partial charge in [-0.3, -0.25) is 0 Å². The Hall–Kier alpha value is -8.85. The number of nitriles is 1. The van der Waals surface area contributed by atoms with E-state index in [4.69, 9.17) is 0 Å². The number of hydrogen-bond donors (Lipinski definition) is 0. The molecule has 0 saturated heterocycles. The molecule has 2 heterocycles. The first-order valence-corrected chi connectivity index (χ1v) is 21.9. The third-order valence-electron chi connectivity index (χ3n) is 12.9. The van der Waals surface area contributed by atoms with E-state index in [1.165, 1.54) is 12.1 Å². The lowest BCUT2D eigenvalue weighted by Gasteiger charge is -2.20. The Balaban J connectivity index is 1.24. The van der Waals surface area contributed by atoms with Crippen molar-refractivity contribution < 1.29 is 8.78 Å². The molecule has 2 aromatic heterocycles. The molecule has 12 rings (SSSR count). The van der Waals surface area contributed by atoms with Crippen molar-refractivity contribution in [2.24, 2.45) is 0 Å². The van der Waals surface area contributed by atoms with Crippen LogP contribution in [0.5, 0.6) is 0 Å². The zero-order valence-electron chi connectivity index (χ0n) is 35.5. The Kier molecular flexibility index (Phi) is 9.25. The molecule has 0 saturated carbocycles. The normalized spacial score (nSPS) is 11.5. The summed E-state index contributed by atoms with van der Waals surface area (Å²) in [6, 6.07) is 77.0. The number of rotatable bonds is 7. The van der Waals surface area contributed by atoms with Crippen LogP contribution in [0.1, 0.15) is 5.56 Å². The second-order valence-corrected chi connectivity index (χ2v) is 16.7. The number of hydrogen-bond acceptors (Lipinski definition) is 1. The third-order valence-corrected chi connectivity index (χ3v) is 12.9. The number of halogens is 2. The van der Waals surface area contributed by atoms with Gasteiger partial charge < -0.3 is 9.13 Å². The predicted molar refractivity (Wildman–Crippen MR) is 267 cm³/mol. The lowest BCUT2D eigenvalue weighted by atomic mass is 9.97. The smallest absolute Gasteiger partial charge is 0.126 e. The minimum absolute atomic E-state index is 0.318. The van der Waals surface area contributed by atoms with E-state index in [-0.39, 0.29) is 0 Å². The van der Waals surface area contributed by atoms with Crippen molar-refractivity contribution in [3.05, 3.63) is 242 Å². The molecule has 0 aliphatic rings. The first-order valence-electron chi connectivity index (χ1n) is 21.9. The first kappa shape index (κ1) is 38.8. The molecule has 12 aromatic rings. The second kappa shape index (κ2) is 15.7. The summed E-state index contributed by atoms with van der Waals surface area (Å²) in [6.45, 7) is 0. The van der Waals surface area contributed by atoms with Gasteiger partial charge in [-0.05, 0) is 92.5 Å². The largest absolute Gasteiger partial charge is 0.308 e. The number of fused-ring (bicyclic) bond motifs is 6. The van der Waals surface area contributed by atoms with Crippen molar-refractivity contribution in [1.82, 2.24) is 9.13 Å². The van der Waals surface area contributed by atoms with Gasteiger partial charge in [0, 0.05) is 33.2 Å². The van der Waals surface area contributed by atoms with E-state index >= 15 is 8.78 Å². The molecule has 0 fully saturated rings. The van der Waals surface area contributed by atoms with E-state index in [2.05, 4.69) is 137 Å². The minimum Gasteiger partial charge on any atom is -0.308 e. The second-order valence-electron chi connectivity index (χ2n) is 16.7. The molecular formula is C61H37F2N3. The van der Waals surface area contributed by atoms with Gasteiger partial charge in [0.15, 0.2) is 0 Å². The molecule has 66 heavy (non-hydrogen) atoms. The Morgan fingerprint density at radius 3 is 1.02 bits per heavy atom. The van der Waals surface area contributed by atoms with Gasteiger partial charge in [0.25, 0.3) is 0 Å². The van der Waals surface area contributed by atoms with Crippen LogP contribution < -0.4 is 0 Å². The molecule has 0 unspecified atom stereocenters. The van der Waals surface area contributed by atoms with Crippen LogP contribution in [0.4, 0.5) is 8.78 Å². The maximum absolute atomic E-state index is 15.4. The average molecular weight is 850 g/mol. The molecule has 0 atom stereocenters. The van der Waals surface area contributed by atoms with Crippen LogP contribution in [-0.4, -0.2) is 9.13 Å². The van der Waals surface area contributed by atoms with Crippen molar-refractivity contribution >= 4 is 43.6 Å². The van der Waals surface area contributed by atoms with Crippen molar-refractivity contribution in [3.8, 4) is 73.1 Å². The summed E-state index contributed by atoms with van der Waals surface area (Å²) >= 11 is 0. The molecule has 0 amide bonds. The van der Waals surface area contributed by atoms with Gasteiger partial charge in [-0.25, -0.2) is 8.78 Å². The van der Waals surface area contributed by atoms with Gasteiger partial charge in [0.05, 0.1) is 33.4 Å².